The largest absolute Gasteiger partial charge is 0.462 e. The average molecular weight is 307 g/mol. The molecule has 0 unspecified atom stereocenters. The van der Waals surface area contributed by atoms with Gasteiger partial charge in [0.2, 0.25) is 0 Å². The predicted octanol–water partition coefficient (Wildman–Crippen LogP) is 1.46. The van der Waals surface area contributed by atoms with Crippen LogP contribution in [0.3, 0.4) is 0 Å². The van der Waals surface area contributed by atoms with E-state index in [2.05, 4.69) is 27.6 Å². The van der Waals surface area contributed by atoms with Crippen molar-refractivity contribution in [2.75, 3.05) is 6.61 Å². The van der Waals surface area contributed by atoms with Crippen molar-refractivity contribution in [2.24, 2.45) is 0 Å². The zero-order chi connectivity index (χ0) is 10.7. The number of carbonyl (C=O) groups is 1. The molecule has 1 rings (SSSR count). The molecule has 1 N–H and O–H groups in total. The second-order valence-corrected chi connectivity index (χ2v) is 3.87. The van der Waals surface area contributed by atoms with Crippen molar-refractivity contribution in [3.63, 3.8) is 0 Å². The quantitative estimate of drug-likeness (QED) is 0.665. The molecular formula is C9H10INO3. The van der Waals surface area contributed by atoms with E-state index in [-0.39, 0.29) is 12.2 Å². The molecule has 0 saturated heterocycles. The zero-order valence-corrected chi connectivity index (χ0v) is 10.0. The predicted molar refractivity (Wildman–Crippen MR) is 60.5 cm³/mol. The topological polar surface area (TPSA) is 59.2 Å². The fourth-order valence-electron chi connectivity index (χ4n) is 0.958. The number of hydrogen-bond donors (Lipinski definition) is 1. The van der Waals surface area contributed by atoms with Gasteiger partial charge in [-0.3, -0.25) is 4.79 Å². The van der Waals surface area contributed by atoms with Crippen LogP contribution in [0.4, 0.5) is 0 Å². The molecule has 1 heterocycles. The Morgan fingerprint density at radius 1 is 1.64 bits per heavy atom. The van der Waals surface area contributed by atoms with Gasteiger partial charge in [0.1, 0.15) is 5.56 Å². The van der Waals surface area contributed by atoms with Gasteiger partial charge >= 0.3 is 5.97 Å². The summed E-state index contributed by atoms with van der Waals surface area (Å²) in [6, 6.07) is 1.53. The lowest BCUT2D eigenvalue weighted by Gasteiger charge is -2.02. The van der Waals surface area contributed by atoms with Gasteiger partial charge in [-0.2, -0.15) is 0 Å². The molecule has 14 heavy (non-hydrogen) atoms. The lowest BCUT2D eigenvalue weighted by Crippen LogP contribution is -2.21. The maximum Gasteiger partial charge on any atom is 0.343 e. The van der Waals surface area contributed by atoms with Crippen molar-refractivity contribution < 1.29 is 9.53 Å². The maximum atomic E-state index is 11.3. The number of aromatic nitrogens is 1. The Morgan fingerprint density at radius 3 is 2.86 bits per heavy atom. The molecule has 76 valence electrons. The molecule has 0 aliphatic heterocycles. The number of rotatable bonds is 2. The van der Waals surface area contributed by atoms with Crippen molar-refractivity contribution >= 4 is 28.6 Å². The molecule has 0 aromatic carbocycles. The van der Waals surface area contributed by atoms with Crippen molar-refractivity contribution in [3.8, 4) is 0 Å². The minimum atomic E-state index is -0.577. The Kier molecular flexibility index (Phi) is 3.68. The molecule has 0 amide bonds. The molecule has 0 atom stereocenters. The molecular weight excluding hydrogens is 297 g/mol. The highest BCUT2D eigenvalue weighted by molar-refractivity contribution is 14.1. The van der Waals surface area contributed by atoms with Gasteiger partial charge in [-0.15, -0.1) is 0 Å². The number of hydrogen-bond acceptors (Lipinski definition) is 3. The highest BCUT2D eigenvalue weighted by Gasteiger charge is 2.12. The number of nitrogens with one attached hydrogen (secondary N) is 1. The zero-order valence-electron chi connectivity index (χ0n) is 7.89. The van der Waals surface area contributed by atoms with E-state index in [9.17, 15) is 9.59 Å². The summed E-state index contributed by atoms with van der Waals surface area (Å²) in [5, 5.41) is 0. The van der Waals surface area contributed by atoms with Crippen LogP contribution in [0.1, 0.15) is 23.0 Å². The number of ether oxygens (including phenoxy) is 1. The Bertz CT molecular complexity index is 411. The highest BCUT2D eigenvalue weighted by Crippen LogP contribution is 2.08. The lowest BCUT2D eigenvalue weighted by molar-refractivity contribution is 0.0524. The molecule has 0 radical (unpaired) electrons. The first-order chi connectivity index (χ1) is 6.56. The average Bonchev–Trinajstić information content (AvgIpc) is 2.11. The fourth-order valence-corrected chi connectivity index (χ4v) is 1.40. The fraction of sp³-hybridized carbons (Fsp3) is 0.333. The SMILES string of the molecule is CCOC(=O)c1cc(I)c(C)[nH]c1=O. The van der Waals surface area contributed by atoms with Gasteiger partial charge in [0, 0.05) is 9.26 Å². The number of aryl methyl sites for hydroxylation is 1. The van der Waals surface area contributed by atoms with Crippen molar-refractivity contribution in [1.82, 2.24) is 4.98 Å². The van der Waals surface area contributed by atoms with Gasteiger partial charge in [0.25, 0.3) is 5.56 Å². The van der Waals surface area contributed by atoms with Crippen molar-refractivity contribution in [3.05, 3.63) is 31.2 Å². The summed E-state index contributed by atoms with van der Waals surface area (Å²) in [5.74, 6) is -0.577. The van der Waals surface area contributed by atoms with E-state index in [1.807, 2.05) is 0 Å². The van der Waals surface area contributed by atoms with Gasteiger partial charge in [-0.1, -0.05) is 0 Å². The summed E-state index contributed by atoms with van der Waals surface area (Å²) in [6.07, 6.45) is 0. The molecule has 0 spiro atoms. The monoisotopic (exact) mass is 307 g/mol. The Morgan fingerprint density at radius 2 is 2.29 bits per heavy atom. The van der Waals surface area contributed by atoms with Crippen molar-refractivity contribution in [2.45, 2.75) is 13.8 Å². The number of pyridine rings is 1. The molecule has 0 fully saturated rings. The van der Waals surface area contributed by atoms with E-state index in [1.54, 1.807) is 13.8 Å². The van der Waals surface area contributed by atoms with Gasteiger partial charge < -0.3 is 9.72 Å². The van der Waals surface area contributed by atoms with Gasteiger partial charge in [-0.05, 0) is 42.5 Å². The van der Waals surface area contributed by atoms with Crippen LogP contribution in [0.2, 0.25) is 0 Å². The first kappa shape index (κ1) is 11.2. The van der Waals surface area contributed by atoms with E-state index in [0.717, 1.165) is 9.26 Å². The highest BCUT2D eigenvalue weighted by atomic mass is 127. The van der Waals surface area contributed by atoms with Crippen LogP contribution in [-0.4, -0.2) is 17.6 Å². The maximum absolute atomic E-state index is 11.3. The molecule has 0 aliphatic carbocycles. The van der Waals surface area contributed by atoms with Crippen LogP contribution < -0.4 is 5.56 Å². The molecule has 0 aliphatic rings. The van der Waals surface area contributed by atoms with Crippen LogP contribution >= 0.6 is 22.6 Å². The van der Waals surface area contributed by atoms with Crippen molar-refractivity contribution in [1.29, 1.82) is 0 Å². The van der Waals surface area contributed by atoms with E-state index < -0.39 is 11.5 Å². The molecule has 4 nitrogen and oxygen atoms in total. The molecule has 1 aromatic rings. The standard InChI is InChI=1S/C9H10INO3/c1-3-14-9(13)6-4-7(10)5(2)11-8(6)12/h4H,3H2,1-2H3,(H,11,12). The minimum absolute atomic E-state index is 0.0573. The van der Waals surface area contributed by atoms with Crippen LogP contribution in [0, 0.1) is 10.5 Å². The third-order valence-corrected chi connectivity index (χ3v) is 2.79. The Labute approximate surface area is 94.8 Å². The number of esters is 1. The molecule has 1 aromatic heterocycles. The summed E-state index contributed by atoms with van der Waals surface area (Å²) in [4.78, 5) is 25.2. The Balaban J connectivity index is 3.16. The summed E-state index contributed by atoms with van der Waals surface area (Å²) in [6.45, 7) is 3.74. The van der Waals surface area contributed by atoms with E-state index in [4.69, 9.17) is 4.74 Å². The Hall–Kier alpha value is -0.850. The normalized spacial score (nSPS) is 9.93. The van der Waals surface area contributed by atoms with E-state index in [0.29, 0.717) is 0 Å². The number of halogens is 1. The third-order valence-electron chi connectivity index (χ3n) is 1.67. The second-order valence-electron chi connectivity index (χ2n) is 2.71. The number of carbonyl (C=O) groups excluding carboxylic acids is 1. The number of aromatic amines is 1. The molecule has 5 heteroatoms. The van der Waals surface area contributed by atoms with Gasteiger partial charge in [0.15, 0.2) is 0 Å². The van der Waals surface area contributed by atoms with E-state index >= 15 is 0 Å². The molecule has 0 saturated carbocycles. The van der Waals surface area contributed by atoms with Crippen LogP contribution in [-0.2, 0) is 4.74 Å². The van der Waals surface area contributed by atoms with Gasteiger partial charge in [0.05, 0.1) is 6.61 Å². The second kappa shape index (κ2) is 4.59. The first-order valence-electron chi connectivity index (χ1n) is 4.12. The van der Waals surface area contributed by atoms with Crippen LogP contribution in [0.25, 0.3) is 0 Å². The number of H-pyrrole nitrogens is 1. The molecule has 0 bridgehead atoms. The first-order valence-corrected chi connectivity index (χ1v) is 5.20. The van der Waals surface area contributed by atoms with Gasteiger partial charge in [-0.25, -0.2) is 4.79 Å². The lowest BCUT2D eigenvalue weighted by atomic mass is 10.2. The summed E-state index contributed by atoms with van der Waals surface area (Å²) in [5.41, 5.74) is 0.409. The minimum Gasteiger partial charge on any atom is -0.462 e. The smallest absolute Gasteiger partial charge is 0.343 e. The summed E-state index contributed by atoms with van der Waals surface area (Å²) >= 11 is 2.05. The van der Waals surface area contributed by atoms with E-state index in [1.165, 1.54) is 6.07 Å². The third kappa shape index (κ3) is 2.34. The van der Waals surface area contributed by atoms with Crippen LogP contribution in [0.5, 0.6) is 0 Å². The van der Waals surface area contributed by atoms with Crippen LogP contribution in [0.15, 0.2) is 10.9 Å². The summed E-state index contributed by atoms with van der Waals surface area (Å²) in [7, 11) is 0. The summed E-state index contributed by atoms with van der Waals surface area (Å²) < 4.78 is 5.58.